The largest absolute Gasteiger partial charge is 0.456 e. The van der Waals surface area contributed by atoms with Gasteiger partial charge >= 0.3 is 11.9 Å². The van der Waals surface area contributed by atoms with Crippen molar-refractivity contribution in [2.24, 2.45) is 10.8 Å². The molecule has 0 spiro atoms. The summed E-state index contributed by atoms with van der Waals surface area (Å²) in [4.78, 5) is 27.8. The maximum Gasteiger partial charge on any atom is 0.356 e. The Morgan fingerprint density at radius 3 is 1.81 bits per heavy atom. The van der Waals surface area contributed by atoms with Crippen LogP contribution in [-0.4, -0.2) is 34.1 Å². The summed E-state index contributed by atoms with van der Waals surface area (Å²) in [6.07, 6.45) is 5.86. The SMILES string of the molecule is CC(C)(C)OC(=O)C1=C(C(=O)OC(C)(C)C)C(C#N)(C#N)C(C#N)(C#N)C2C=CC=CN12. The number of fused-ring (bicyclic) bond motifs is 1. The van der Waals surface area contributed by atoms with Crippen LogP contribution in [0.4, 0.5) is 0 Å². The van der Waals surface area contributed by atoms with Crippen molar-refractivity contribution in [3.8, 4) is 24.3 Å². The van der Waals surface area contributed by atoms with E-state index < -0.39 is 51.3 Å². The summed E-state index contributed by atoms with van der Waals surface area (Å²) in [7, 11) is 0. The van der Waals surface area contributed by atoms with Crippen molar-refractivity contribution in [3.05, 3.63) is 35.7 Å². The fraction of sp³-hybridized carbons (Fsp3) is 0.478. The number of carbonyl (C=O) groups excluding carboxylic acids is 2. The molecule has 0 aliphatic carbocycles. The zero-order valence-corrected chi connectivity index (χ0v) is 18.8. The lowest BCUT2D eigenvalue weighted by molar-refractivity contribution is -0.157. The van der Waals surface area contributed by atoms with Crippen molar-refractivity contribution < 1.29 is 19.1 Å². The molecule has 0 N–H and O–H groups in total. The van der Waals surface area contributed by atoms with Gasteiger partial charge in [-0.1, -0.05) is 12.2 Å². The second-order valence-corrected chi connectivity index (χ2v) is 9.31. The van der Waals surface area contributed by atoms with Gasteiger partial charge in [0.15, 0.2) is 0 Å². The third-order valence-corrected chi connectivity index (χ3v) is 4.74. The van der Waals surface area contributed by atoms with Crippen LogP contribution in [0.15, 0.2) is 35.7 Å². The lowest BCUT2D eigenvalue weighted by Crippen LogP contribution is -2.60. The molecular formula is C23H23N5O4. The summed E-state index contributed by atoms with van der Waals surface area (Å²) in [6.45, 7) is 9.53. The predicted octanol–water partition coefficient (Wildman–Crippen LogP) is 2.76. The van der Waals surface area contributed by atoms with E-state index >= 15 is 0 Å². The van der Waals surface area contributed by atoms with E-state index in [0.717, 1.165) is 0 Å². The second-order valence-electron chi connectivity index (χ2n) is 9.31. The number of hydrogen-bond donors (Lipinski definition) is 0. The summed E-state index contributed by atoms with van der Waals surface area (Å²) < 4.78 is 10.9. The first-order chi connectivity index (χ1) is 14.7. The highest BCUT2D eigenvalue weighted by Crippen LogP contribution is 2.55. The maximum atomic E-state index is 13.3. The monoisotopic (exact) mass is 433 g/mol. The smallest absolute Gasteiger partial charge is 0.356 e. The lowest BCUT2D eigenvalue weighted by atomic mass is 9.55. The molecule has 32 heavy (non-hydrogen) atoms. The number of allylic oxidation sites excluding steroid dienone is 2. The number of nitriles is 4. The molecule has 0 aromatic carbocycles. The molecule has 0 saturated carbocycles. The van der Waals surface area contributed by atoms with Gasteiger partial charge in [0.2, 0.25) is 10.8 Å². The van der Waals surface area contributed by atoms with Crippen LogP contribution in [0.3, 0.4) is 0 Å². The molecule has 0 fully saturated rings. The number of rotatable bonds is 2. The highest BCUT2D eigenvalue weighted by atomic mass is 16.6. The Balaban J connectivity index is 3.06. The number of hydrogen-bond acceptors (Lipinski definition) is 9. The fourth-order valence-corrected chi connectivity index (χ4v) is 3.54. The molecule has 2 aliphatic heterocycles. The zero-order valence-electron chi connectivity index (χ0n) is 18.8. The fourth-order valence-electron chi connectivity index (χ4n) is 3.54. The van der Waals surface area contributed by atoms with Crippen LogP contribution in [0.5, 0.6) is 0 Å². The first-order valence-electron chi connectivity index (χ1n) is 9.73. The molecule has 2 heterocycles. The highest BCUT2D eigenvalue weighted by Gasteiger charge is 2.69. The van der Waals surface area contributed by atoms with Gasteiger partial charge in [-0.25, -0.2) is 9.59 Å². The molecule has 9 nitrogen and oxygen atoms in total. The van der Waals surface area contributed by atoms with Crippen molar-refractivity contribution in [2.75, 3.05) is 0 Å². The summed E-state index contributed by atoms with van der Waals surface area (Å²) in [5.74, 6) is -2.17. The van der Waals surface area contributed by atoms with E-state index in [4.69, 9.17) is 9.47 Å². The summed E-state index contributed by atoms with van der Waals surface area (Å²) >= 11 is 0. The Morgan fingerprint density at radius 1 is 0.875 bits per heavy atom. The minimum Gasteiger partial charge on any atom is -0.456 e. The molecule has 2 rings (SSSR count). The number of esters is 2. The molecule has 9 heteroatoms. The van der Waals surface area contributed by atoms with Crippen molar-refractivity contribution in [2.45, 2.75) is 58.8 Å². The van der Waals surface area contributed by atoms with E-state index in [1.807, 2.05) is 0 Å². The molecule has 0 bridgehead atoms. The van der Waals surface area contributed by atoms with Gasteiger partial charge in [0.25, 0.3) is 0 Å². The van der Waals surface area contributed by atoms with Gasteiger partial charge in [-0.15, -0.1) is 0 Å². The first-order valence-corrected chi connectivity index (χ1v) is 9.73. The Morgan fingerprint density at radius 2 is 1.38 bits per heavy atom. The van der Waals surface area contributed by atoms with Crippen LogP contribution in [-0.2, 0) is 19.1 Å². The van der Waals surface area contributed by atoms with Crippen molar-refractivity contribution in [1.29, 1.82) is 21.0 Å². The van der Waals surface area contributed by atoms with E-state index in [0.29, 0.717) is 0 Å². The Kier molecular flexibility index (Phi) is 5.95. The third kappa shape index (κ3) is 3.70. The topological polar surface area (TPSA) is 151 Å². The van der Waals surface area contributed by atoms with Gasteiger partial charge < -0.3 is 14.4 Å². The molecule has 164 valence electrons. The molecule has 0 saturated heterocycles. The molecule has 1 atom stereocenters. The van der Waals surface area contributed by atoms with E-state index in [1.165, 1.54) is 29.3 Å². The standard InChI is InChI=1S/C23H23N5O4/c1-20(2,3)31-18(29)16-17(19(30)32-21(4,5)6)28-10-8-7-9-15(28)22(11-24,12-25)23(16,13-26)14-27/h7-10,15H,1-6H3. The van der Waals surface area contributed by atoms with Gasteiger partial charge in [-0.3, -0.25) is 0 Å². The van der Waals surface area contributed by atoms with Crippen molar-refractivity contribution >= 4 is 11.9 Å². The summed E-state index contributed by atoms with van der Waals surface area (Å²) in [5, 5.41) is 40.4. The van der Waals surface area contributed by atoms with Gasteiger partial charge in [-0.2, -0.15) is 21.0 Å². The minimum absolute atomic E-state index is 0.427. The third-order valence-electron chi connectivity index (χ3n) is 4.74. The van der Waals surface area contributed by atoms with Crippen molar-refractivity contribution in [3.63, 3.8) is 0 Å². The Labute approximate surface area is 187 Å². The summed E-state index contributed by atoms with van der Waals surface area (Å²) in [5.41, 5.74) is -8.16. The van der Waals surface area contributed by atoms with E-state index in [-0.39, 0.29) is 0 Å². The zero-order chi connectivity index (χ0) is 24.5. The highest BCUT2D eigenvalue weighted by molar-refractivity contribution is 6.03. The van der Waals surface area contributed by atoms with Crippen LogP contribution < -0.4 is 0 Å². The molecule has 0 aromatic rings. The van der Waals surface area contributed by atoms with Crippen LogP contribution in [0, 0.1) is 56.2 Å². The van der Waals surface area contributed by atoms with E-state index in [1.54, 1.807) is 65.8 Å². The van der Waals surface area contributed by atoms with Gasteiger partial charge in [0, 0.05) is 6.20 Å². The quantitative estimate of drug-likeness (QED) is 0.598. The van der Waals surface area contributed by atoms with E-state index in [9.17, 15) is 30.6 Å². The van der Waals surface area contributed by atoms with Crippen LogP contribution >= 0.6 is 0 Å². The first kappa shape index (κ1) is 24.2. The molecule has 2 aliphatic rings. The number of ether oxygens (including phenoxy) is 2. The average Bonchev–Trinajstić information content (AvgIpc) is 2.69. The molecule has 1 unspecified atom stereocenters. The normalized spacial score (nSPS) is 20.7. The van der Waals surface area contributed by atoms with E-state index in [2.05, 4.69) is 0 Å². The molecular weight excluding hydrogens is 410 g/mol. The van der Waals surface area contributed by atoms with Crippen LogP contribution in [0.1, 0.15) is 41.5 Å². The average molecular weight is 433 g/mol. The van der Waals surface area contributed by atoms with Crippen LogP contribution in [0.2, 0.25) is 0 Å². The van der Waals surface area contributed by atoms with Gasteiger partial charge in [0.1, 0.15) is 22.5 Å². The second kappa shape index (κ2) is 7.88. The Hall–Kier alpha value is -4.08. The summed E-state index contributed by atoms with van der Waals surface area (Å²) in [6, 6.07) is 5.76. The lowest BCUT2D eigenvalue weighted by Gasteiger charge is -2.48. The molecule has 0 radical (unpaired) electrons. The number of carbonyl (C=O) groups is 2. The van der Waals surface area contributed by atoms with Gasteiger partial charge in [0.05, 0.1) is 30.3 Å². The molecule has 0 aromatic heterocycles. The van der Waals surface area contributed by atoms with Crippen molar-refractivity contribution in [1.82, 2.24) is 4.90 Å². The van der Waals surface area contributed by atoms with Gasteiger partial charge in [-0.05, 0) is 47.6 Å². The predicted molar refractivity (Wildman–Crippen MR) is 110 cm³/mol. The minimum atomic E-state index is -2.64. The maximum absolute atomic E-state index is 13.3. The number of nitrogens with zero attached hydrogens (tertiary/aromatic N) is 5. The van der Waals surface area contributed by atoms with Crippen LogP contribution in [0.25, 0.3) is 0 Å². The molecule has 0 amide bonds. The Bertz CT molecular complexity index is 1080.